The molecule has 0 bridgehead atoms. The minimum Gasteiger partial charge on any atom is -0.508 e. The predicted molar refractivity (Wildman–Crippen MR) is 106 cm³/mol. The van der Waals surface area contributed by atoms with Gasteiger partial charge in [-0.05, 0) is 87.8 Å². The number of aliphatic carboxylic acids is 1. The molecule has 2 saturated carbocycles. The highest BCUT2D eigenvalue weighted by Crippen LogP contribution is 2.50. The Kier molecular flexibility index (Phi) is 6.63. The van der Waals surface area contributed by atoms with E-state index in [0.717, 1.165) is 89.0 Å². The van der Waals surface area contributed by atoms with Gasteiger partial charge >= 0.3 is 5.97 Å². The van der Waals surface area contributed by atoms with Crippen molar-refractivity contribution in [1.82, 2.24) is 0 Å². The highest BCUT2D eigenvalue weighted by atomic mass is 16.5. The smallest absolute Gasteiger partial charge is 0.309 e. The first-order chi connectivity index (χ1) is 13.5. The van der Waals surface area contributed by atoms with Crippen molar-refractivity contribution >= 4 is 12.4 Å². The van der Waals surface area contributed by atoms with Crippen molar-refractivity contribution in [2.24, 2.45) is 5.41 Å². The second-order valence-corrected chi connectivity index (χ2v) is 8.71. The number of benzene rings is 1. The fraction of sp³-hybridized carbons (Fsp3) is 0.652. The fourth-order valence-electron chi connectivity index (χ4n) is 4.12. The minimum atomic E-state index is -0.636. The molecule has 0 aliphatic heterocycles. The molecule has 154 valence electrons. The number of carbonyl (C=O) groups is 2. The highest BCUT2D eigenvalue weighted by molar-refractivity contribution is 5.77. The Morgan fingerprint density at radius 3 is 2.36 bits per heavy atom. The average Bonchev–Trinajstić information content (AvgIpc) is 3.58. The molecule has 2 fully saturated rings. The van der Waals surface area contributed by atoms with Crippen molar-refractivity contribution in [2.75, 3.05) is 0 Å². The number of carboxylic acids is 1. The summed E-state index contributed by atoms with van der Waals surface area (Å²) in [5, 5.41) is 19.3. The van der Waals surface area contributed by atoms with Gasteiger partial charge in [0.2, 0.25) is 0 Å². The van der Waals surface area contributed by atoms with Crippen LogP contribution in [0, 0.1) is 5.41 Å². The van der Waals surface area contributed by atoms with E-state index in [-0.39, 0.29) is 5.60 Å². The SMILES string of the molecule is O=COC1(CCCCc2ccc(O)c(CCCCCC3(C(=O)O)CC3)c2)CC1. The van der Waals surface area contributed by atoms with Crippen LogP contribution >= 0.6 is 0 Å². The first kappa shape index (κ1) is 20.7. The highest BCUT2D eigenvalue weighted by Gasteiger charge is 2.49. The number of rotatable bonds is 14. The number of hydrogen-bond donors (Lipinski definition) is 2. The van der Waals surface area contributed by atoms with Crippen molar-refractivity contribution in [1.29, 1.82) is 0 Å². The van der Waals surface area contributed by atoms with E-state index < -0.39 is 11.4 Å². The molecule has 0 amide bonds. The molecule has 0 radical (unpaired) electrons. The summed E-state index contributed by atoms with van der Waals surface area (Å²) in [5.41, 5.74) is 1.64. The van der Waals surface area contributed by atoms with Crippen LogP contribution in [0.15, 0.2) is 18.2 Å². The molecular weight excluding hydrogens is 356 g/mol. The lowest BCUT2D eigenvalue weighted by molar-refractivity contribution is -0.143. The monoisotopic (exact) mass is 388 g/mol. The summed E-state index contributed by atoms with van der Waals surface area (Å²) in [6.07, 6.45) is 12.1. The molecule has 1 aromatic carbocycles. The fourth-order valence-corrected chi connectivity index (χ4v) is 4.12. The van der Waals surface area contributed by atoms with E-state index in [1.54, 1.807) is 6.07 Å². The summed E-state index contributed by atoms with van der Waals surface area (Å²) >= 11 is 0. The largest absolute Gasteiger partial charge is 0.508 e. The van der Waals surface area contributed by atoms with E-state index in [0.29, 0.717) is 12.2 Å². The van der Waals surface area contributed by atoms with Crippen LogP contribution in [0.25, 0.3) is 0 Å². The Morgan fingerprint density at radius 1 is 1.00 bits per heavy atom. The summed E-state index contributed by atoms with van der Waals surface area (Å²) in [6, 6.07) is 5.87. The van der Waals surface area contributed by atoms with E-state index in [1.165, 1.54) is 5.56 Å². The van der Waals surface area contributed by atoms with Crippen LogP contribution in [0.3, 0.4) is 0 Å². The number of ether oxygens (including phenoxy) is 1. The zero-order valence-corrected chi connectivity index (χ0v) is 16.6. The van der Waals surface area contributed by atoms with Crippen LogP contribution in [-0.2, 0) is 27.2 Å². The predicted octanol–water partition coefficient (Wildman–Crippen LogP) is 4.78. The lowest BCUT2D eigenvalue weighted by atomic mass is 9.96. The van der Waals surface area contributed by atoms with Gasteiger partial charge in [-0.3, -0.25) is 9.59 Å². The number of hydrogen-bond acceptors (Lipinski definition) is 4. The molecule has 1 aromatic rings. The Morgan fingerprint density at radius 2 is 1.71 bits per heavy atom. The second kappa shape index (κ2) is 8.97. The standard InChI is InChI=1S/C23H32O5/c24-17-28-23(14-15-23)11-5-3-6-18-8-9-20(25)19(16-18)7-2-1-4-10-22(12-13-22)21(26)27/h8-9,16-17,25H,1-7,10-15H2,(H,26,27). The van der Waals surface area contributed by atoms with Gasteiger partial charge < -0.3 is 14.9 Å². The topological polar surface area (TPSA) is 83.8 Å². The summed E-state index contributed by atoms with van der Waals surface area (Å²) in [5.74, 6) is -0.285. The summed E-state index contributed by atoms with van der Waals surface area (Å²) < 4.78 is 5.18. The van der Waals surface area contributed by atoms with E-state index in [2.05, 4.69) is 6.07 Å². The number of carboxylic acid groups (broad SMARTS) is 1. The molecular formula is C23H32O5. The van der Waals surface area contributed by atoms with Crippen LogP contribution in [0.2, 0.25) is 0 Å². The summed E-state index contributed by atoms with van der Waals surface area (Å²) in [4.78, 5) is 21.7. The molecule has 2 aliphatic rings. The van der Waals surface area contributed by atoms with E-state index in [4.69, 9.17) is 4.74 Å². The van der Waals surface area contributed by atoms with Gasteiger partial charge in [-0.15, -0.1) is 0 Å². The molecule has 0 unspecified atom stereocenters. The number of phenolic OH excluding ortho intramolecular Hbond substituents is 1. The number of phenols is 1. The van der Waals surface area contributed by atoms with Crippen molar-refractivity contribution in [3.8, 4) is 5.75 Å². The van der Waals surface area contributed by atoms with Crippen molar-refractivity contribution in [3.63, 3.8) is 0 Å². The molecule has 0 atom stereocenters. The first-order valence-electron chi connectivity index (χ1n) is 10.6. The van der Waals surface area contributed by atoms with Gasteiger partial charge in [-0.2, -0.15) is 0 Å². The Labute approximate surface area is 167 Å². The van der Waals surface area contributed by atoms with Crippen LogP contribution in [0.4, 0.5) is 0 Å². The molecule has 2 aliphatic carbocycles. The van der Waals surface area contributed by atoms with E-state index >= 15 is 0 Å². The van der Waals surface area contributed by atoms with Crippen LogP contribution in [0.5, 0.6) is 5.75 Å². The van der Waals surface area contributed by atoms with Crippen LogP contribution in [-0.4, -0.2) is 28.3 Å². The Balaban J connectivity index is 1.35. The van der Waals surface area contributed by atoms with Gasteiger partial charge in [0.25, 0.3) is 6.47 Å². The van der Waals surface area contributed by atoms with Crippen molar-refractivity contribution in [2.45, 2.75) is 89.1 Å². The van der Waals surface area contributed by atoms with Gasteiger partial charge in [0.15, 0.2) is 0 Å². The minimum absolute atomic E-state index is 0.165. The van der Waals surface area contributed by atoms with Gasteiger partial charge in [0.05, 0.1) is 5.41 Å². The van der Waals surface area contributed by atoms with Gasteiger partial charge in [0, 0.05) is 0 Å². The Hall–Kier alpha value is -2.04. The van der Waals surface area contributed by atoms with E-state index in [1.807, 2.05) is 6.07 Å². The maximum absolute atomic E-state index is 11.2. The first-order valence-corrected chi connectivity index (χ1v) is 10.6. The molecule has 28 heavy (non-hydrogen) atoms. The number of unbranched alkanes of at least 4 members (excludes halogenated alkanes) is 3. The van der Waals surface area contributed by atoms with Crippen LogP contribution < -0.4 is 0 Å². The third-order valence-corrected chi connectivity index (χ3v) is 6.51. The summed E-state index contributed by atoms with van der Waals surface area (Å²) in [7, 11) is 0. The van der Waals surface area contributed by atoms with Gasteiger partial charge in [-0.25, -0.2) is 0 Å². The number of aromatic hydroxyl groups is 1. The van der Waals surface area contributed by atoms with E-state index in [9.17, 15) is 19.8 Å². The molecule has 0 heterocycles. The van der Waals surface area contributed by atoms with Crippen molar-refractivity contribution < 1.29 is 24.5 Å². The lowest BCUT2D eigenvalue weighted by Gasteiger charge is -2.13. The molecule has 3 rings (SSSR count). The molecule has 0 saturated heterocycles. The third-order valence-electron chi connectivity index (χ3n) is 6.51. The van der Waals surface area contributed by atoms with Crippen molar-refractivity contribution in [3.05, 3.63) is 29.3 Å². The molecule has 5 nitrogen and oxygen atoms in total. The maximum atomic E-state index is 11.2. The van der Waals surface area contributed by atoms with Gasteiger partial charge in [-0.1, -0.05) is 25.0 Å². The number of aryl methyl sites for hydroxylation is 2. The average molecular weight is 389 g/mol. The quantitative estimate of drug-likeness (QED) is 0.354. The zero-order chi connectivity index (χ0) is 20.0. The zero-order valence-electron chi connectivity index (χ0n) is 16.6. The Bertz CT molecular complexity index is 688. The normalized spacial score (nSPS) is 18.4. The molecule has 0 spiro atoms. The molecule has 2 N–H and O–H groups in total. The third kappa shape index (κ3) is 5.49. The maximum Gasteiger partial charge on any atom is 0.309 e. The van der Waals surface area contributed by atoms with Gasteiger partial charge in [0.1, 0.15) is 11.4 Å². The summed E-state index contributed by atoms with van der Waals surface area (Å²) in [6.45, 7) is 0.575. The molecule has 0 aromatic heterocycles. The molecule has 5 heteroatoms. The lowest BCUT2D eigenvalue weighted by Crippen LogP contribution is -2.14. The van der Waals surface area contributed by atoms with Crippen LogP contribution in [0.1, 0.15) is 81.8 Å². The second-order valence-electron chi connectivity index (χ2n) is 8.71. The number of carbonyl (C=O) groups excluding carboxylic acids is 1.